The Morgan fingerprint density at radius 3 is 2.10 bits per heavy atom. The summed E-state index contributed by atoms with van der Waals surface area (Å²) in [6, 6.07) is 20.6. The minimum atomic E-state index is -0.508. The summed E-state index contributed by atoms with van der Waals surface area (Å²) >= 11 is 0. The lowest BCUT2D eigenvalue weighted by Gasteiger charge is -2.34. The molecule has 2 amide bonds. The molecule has 1 fully saturated rings. The van der Waals surface area contributed by atoms with E-state index in [1.54, 1.807) is 11.2 Å². The van der Waals surface area contributed by atoms with Gasteiger partial charge in [-0.15, -0.1) is 0 Å². The maximum absolute atomic E-state index is 13.3. The molecule has 8 heteroatoms. The monoisotopic (exact) mass is 527 g/mol. The number of amides is 2. The molecule has 1 saturated heterocycles. The molecule has 2 aliphatic rings. The molecule has 3 aromatic rings. The summed E-state index contributed by atoms with van der Waals surface area (Å²) in [5, 5.41) is 0. The Bertz CT molecular complexity index is 1240. The van der Waals surface area contributed by atoms with E-state index in [-0.39, 0.29) is 12.0 Å². The summed E-state index contributed by atoms with van der Waals surface area (Å²) < 4.78 is 5.53. The van der Waals surface area contributed by atoms with Crippen molar-refractivity contribution in [3.8, 4) is 0 Å². The molecular weight excluding hydrogens is 490 g/mol. The summed E-state index contributed by atoms with van der Waals surface area (Å²) in [5.74, 6) is 1.87. The zero-order valence-corrected chi connectivity index (χ0v) is 23.0. The van der Waals surface area contributed by atoms with Crippen molar-refractivity contribution in [1.29, 1.82) is 0 Å². The first-order chi connectivity index (χ1) is 18.8. The van der Waals surface area contributed by atoms with Gasteiger partial charge in [0, 0.05) is 38.3 Å². The first kappa shape index (κ1) is 26.7. The lowest BCUT2D eigenvalue weighted by molar-refractivity contribution is -0.117. The molecule has 0 aliphatic carbocycles. The van der Waals surface area contributed by atoms with E-state index in [1.165, 1.54) is 11.1 Å². The van der Waals surface area contributed by atoms with Crippen LogP contribution in [0.15, 0.2) is 67.0 Å². The molecule has 0 saturated carbocycles. The molecule has 0 radical (unpaired) electrons. The number of piperidine rings is 1. The van der Waals surface area contributed by atoms with Crippen LogP contribution in [-0.4, -0.2) is 52.1 Å². The highest BCUT2D eigenvalue weighted by atomic mass is 16.6. The van der Waals surface area contributed by atoms with Crippen LogP contribution in [0, 0.1) is 5.92 Å². The van der Waals surface area contributed by atoms with E-state index in [1.807, 2.05) is 62.1 Å². The number of hydrogen-bond acceptors (Lipinski definition) is 6. The number of aromatic nitrogens is 2. The van der Waals surface area contributed by atoms with Gasteiger partial charge in [-0.05, 0) is 50.7 Å². The second-order valence-corrected chi connectivity index (χ2v) is 11.4. The standard InChI is InChI=1S/C31H37N5O3/c1-31(2,3)39-30(38)34-16-14-25(15-17-34)21-36-27(37)18-26-28(32-22-33-29(26)36)35(19-23-10-6-4-7-11-23)20-24-12-8-5-9-13-24/h4-13,22,25H,14-21H2,1-3H3. The molecule has 204 valence electrons. The number of fused-ring (bicyclic) bond motifs is 1. The first-order valence-electron chi connectivity index (χ1n) is 13.7. The summed E-state index contributed by atoms with van der Waals surface area (Å²) in [7, 11) is 0. The van der Waals surface area contributed by atoms with Gasteiger partial charge in [-0.1, -0.05) is 60.7 Å². The number of carbonyl (C=O) groups is 2. The number of ether oxygens (including phenoxy) is 1. The van der Waals surface area contributed by atoms with E-state index in [4.69, 9.17) is 9.72 Å². The molecule has 1 aromatic heterocycles. The minimum absolute atomic E-state index is 0.0562. The van der Waals surface area contributed by atoms with Crippen LogP contribution in [0.1, 0.15) is 50.3 Å². The quantitative estimate of drug-likeness (QED) is 0.419. The van der Waals surface area contributed by atoms with Crippen molar-refractivity contribution in [1.82, 2.24) is 14.9 Å². The molecule has 3 heterocycles. The van der Waals surface area contributed by atoms with E-state index < -0.39 is 5.60 Å². The van der Waals surface area contributed by atoms with Crippen LogP contribution >= 0.6 is 0 Å². The van der Waals surface area contributed by atoms with Crippen molar-refractivity contribution >= 4 is 23.6 Å². The highest BCUT2D eigenvalue weighted by Crippen LogP contribution is 2.35. The molecule has 2 aliphatic heterocycles. The molecule has 0 spiro atoms. The van der Waals surface area contributed by atoms with Crippen LogP contribution in [0.4, 0.5) is 16.4 Å². The molecule has 0 atom stereocenters. The molecule has 0 unspecified atom stereocenters. The zero-order valence-electron chi connectivity index (χ0n) is 23.0. The predicted octanol–water partition coefficient (Wildman–Crippen LogP) is 5.22. The fourth-order valence-electron chi connectivity index (χ4n) is 5.31. The molecule has 2 aromatic carbocycles. The van der Waals surface area contributed by atoms with Gasteiger partial charge in [0.15, 0.2) is 0 Å². The second-order valence-electron chi connectivity index (χ2n) is 11.4. The highest BCUT2D eigenvalue weighted by Gasteiger charge is 2.36. The van der Waals surface area contributed by atoms with Crippen molar-refractivity contribution in [2.24, 2.45) is 5.92 Å². The van der Waals surface area contributed by atoms with Crippen molar-refractivity contribution in [2.45, 2.75) is 58.7 Å². The zero-order chi connectivity index (χ0) is 27.4. The Hall–Kier alpha value is -3.94. The smallest absolute Gasteiger partial charge is 0.410 e. The van der Waals surface area contributed by atoms with Crippen LogP contribution in [0.2, 0.25) is 0 Å². The van der Waals surface area contributed by atoms with Gasteiger partial charge >= 0.3 is 6.09 Å². The fourth-order valence-corrected chi connectivity index (χ4v) is 5.31. The van der Waals surface area contributed by atoms with Crippen LogP contribution in [0.25, 0.3) is 0 Å². The number of hydrogen-bond donors (Lipinski definition) is 0. The fraction of sp³-hybridized carbons (Fsp3) is 0.419. The van der Waals surface area contributed by atoms with Gasteiger partial charge in [0.05, 0.1) is 6.42 Å². The largest absolute Gasteiger partial charge is 0.444 e. The topological polar surface area (TPSA) is 78.9 Å². The van der Waals surface area contributed by atoms with Gasteiger partial charge in [-0.25, -0.2) is 14.8 Å². The van der Waals surface area contributed by atoms with E-state index in [0.717, 1.165) is 24.2 Å². The summed E-state index contributed by atoms with van der Waals surface area (Å²) in [6.45, 7) is 8.85. The van der Waals surface area contributed by atoms with Crippen LogP contribution in [0.3, 0.4) is 0 Å². The maximum Gasteiger partial charge on any atom is 0.410 e. The molecule has 8 nitrogen and oxygen atoms in total. The van der Waals surface area contributed by atoms with Crippen LogP contribution in [0.5, 0.6) is 0 Å². The molecule has 5 rings (SSSR count). The molecule has 39 heavy (non-hydrogen) atoms. The molecular formula is C31H37N5O3. The summed E-state index contributed by atoms with van der Waals surface area (Å²) in [5.41, 5.74) is 2.74. The Morgan fingerprint density at radius 2 is 1.54 bits per heavy atom. The number of anilines is 2. The van der Waals surface area contributed by atoms with Crippen molar-refractivity contribution in [2.75, 3.05) is 29.4 Å². The second kappa shape index (κ2) is 11.4. The number of benzene rings is 2. The van der Waals surface area contributed by atoms with E-state index in [2.05, 4.69) is 34.1 Å². The number of likely N-dealkylation sites (tertiary alicyclic amines) is 1. The SMILES string of the molecule is CC(C)(C)OC(=O)N1CCC(CN2C(=O)Cc3c(N(Cc4ccccc4)Cc4ccccc4)ncnc32)CC1. The Morgan fingerprint density at radius 1 is 0.949 bits per heavy atom. The van der Waals surface area contributed by atoms with Crippen molar-refractivity contribution in [3.63, 3.8) is 0 Å². The van der Waals surface area contributed by atoms with Gasteiger partial charge in [-0.2, -0.15) is 0 Å². The Kier molecular flexibility index (Phi) is 7.82. The predicted molar refractivity (Wildman–Crippen MR) is 151 cm³/mol. The Balaban J connectivity index is 1.32. The molecule has 0 N–H and O–H groups in total. The van der Waals surface area contributed by atoms with E-state index >= 15 is 0 Å². The highest BCUT2D eigenvalue weighted by molar-refractivity contribution is 6.01. The third-order valence-electron chi connectivity index (χ3n) is 7.22. The van der Waals surface area contributed by atoms with E-state index in [0.29, 0.717) is 50.9 Å². The van der Waals surface area contributed by atoms with Crippen LogP contribution in [-0.2, 0) is 29.0 Å². The van der Waals surface area contributed by atoms with Gasteiger partial charge < -0.3 is 14.5 Å². The number of nitrogens with zero attached hydrogens (tertiary/aromatic N) is 5. The normalized spacial score (nSPS) is 15.8. The average molecular weight is 528 g/mol. The third kappa shape index (κ3) is 6.56. The molecule has 0 bridgehead atoms. The summed E-state index contributed by atoms with van der Waals surface area (Å²) in [4.78, 5) is 40.9. The lowest BCUT2D eigenvalue weighted by Crippen LogP contribution is -2.44. The van der Waals surface area contributed by atoms with Crippen LogP contribution < -0.4 is 9.80 Å². The van der Waals surface area contributed by atoms with Gasteiger partial charge in [-0.3, -0.25) is 9.69 Å². The number of rotatable bonds is 7. The Labute approximate surface area is 230 Å². The summed E-state index contributed by atoms with van der Waals surface area (Å²) in [6.07, 6.45) is 3.25. The first-order valence-corrected chi connectivity index (χ1v) is 13.7. The lowest BCUT2D eigenvalue weighted by atomic mass is 9.96. The number of carbonyl (C=O) groups excluding carboxylic acids is 2. The maximum atomic E-state index is 13.3. The van der Waals surface area contributed by atoms with E-state index in [9.17, 15) is 9.59 Å². The van der Waals surface area contributed by atoms with Gasteiger partial charge in [0.1, 0.15) is 23.6 Å². The third-order valence-corrected chi connectivity index (χ3v) is 7.22. The average Bonchev–Trinajstić information content (AvgIpc) is 3.24. The van der Waals surface area contributed by atoms with Gasteiger partial charge in [0.2, 0.25) is 5.91 Å². The van der Waals surface area contributed by atoms with Gasteiger partial charge in [0.25, 0.3) is 0 Å². The minimum Gasteiger partial charge on any atom is -0.444 e. The van der Waals surface area contributed by atoms with Crippen molar-refractivity contribution < 1.29 is 14.3 Å². The van der Waals surface area contributed by atoms with Crippen molar-refractivity contribution in [3.05, 3.63) is 83.7 Å².